The average molecular weight is 212 g/mol. The molecule has 0 saturated carbocycles. The molecule has 0 aliphatic carbocycles. The third-order valence-corrected chi connectivity index (χ3v) is 2.11. The summed E-state index contributed by atoms with van der Waals surface area (Å²) in [6, 6.07) is 0. The molecule has 6 heteroatoms. The molecule has 0 aromatic rings. The summed E-state index contributed by atoms with van der Waals surface area (Å²) >= 11 is 0. The van der Waals surface area contributed by atoms with Crippen LogP contribution in [-0.4, -0.2) is 59.4 Å². The Bertz CT molecular complexity index is 324. The van der Waals surface area contributed by atoms with E-state index in [1.807, 2.05) is 0 Å². The van der Waals surface area contributed by atoms with Crippen molar-refractivity contribution in [1.29, 1.82) is 0 Å². The van der Waals surface area contributed by atoms with Crippen LogP contribution in [0.3, 0.4) is 0 Å². The predicted octanol–water partition coefficient (Wildman–Crippen LogP) is -1.07. The molecule has 0 aromatic carbocycles. The second-order valence-electron chi connectivity index (χ2n) is 3.22. The lowest BCUT2D eigenvalue weighted by atomic mass is 10.3. The van der Waals surface area contributed by atoms with Crippen LogP contribution >= 0.6 is 0 Å². The Balaban J connectivity index is 2.54. The molecule has 1 aliphatic heterocycles. The van der Waals surface area contributed by atoms with Gasteiger partial charge in [0.05, 0.1) is 0 Å². The van der Waals surface area contributed by atoms with Crippen molar-refractivity contribution in [1.82, 2.24) is 9.80 Å². The third kappa shape index (κ3) is 2.80. The summed E-state index contributed by atoms with van der Waals surface area (Å²) in [6.07, 6.45) is 2.30. The van der Waals surface area contributed by atoms with Crippen molar-refractivity contribution in [2.75, 3.05) is 26.7 Å². The molecule has 0 unspecified atom stereocenters. The van der Waals surface area contributed by atoms with Gasteiger partial charge in [0, 0.05) is 32.8 Å². The van der Waals surface area contributed by atoms with Gasteiger partial charge in [-0.15, -0.1) is 0 Å². The maximum atomic E-state index is 11.4. The van der Waals surface area contributed by atoms with Crippen LogP contribution in [0.1, 0.15) is 0 Å². The van der Waals surface area contributed by atoms with Gasteiger partial charge in [-0.05, 0) is 0 Å². The zero-order chi connectivity index (χ0) is 11.4. The van der Waals surface area contributed by atoms with Gasteiger partial charge in [0.15, 0.2) is 0 Å². The average Bonchev–Trinajstić information content (AvgIpc) is 2.18. The normalized spacial score (nSPS) is 17.7. The van der Waals surface area contributed by atoms with Crippen molar-refractivity contribution in [3.63, 3.8) is 0 Å². The molecule has 0 aromatic heterocycles. The zero-order valence-electron chi connectivity index (χ0n) is 8.34. The van der Waals surface area contributed by atoms with E-state index in [4.69, 9.17) is 5.11 Å². The fraction of sp³-hybridized carbons (Fsp3) is 0.444. The minimum absolute atomic E-state index is 0.157. The Morgan fingerprint density at radius 2 is 2.07 bits per heavy atom. The van der Waals surface area contributed by atoms with Crippen LogP contribution in [0.15, 0.2) is 12.2 Å². The first-order valence-electron chi connectivity index (χ1n) is 4.46. The second kappa shape index (κ2) is 4.59. The molecule has 1 fully saturated rings. The molecular formula is C9H12N2O4. The Labute approximate surface area is 86.8 Å². The van der Waals surface area contributed by atoms with E-state index in [9.17, 15) is 14.4 Å². The van der Waals surface area contributed by atoms with Crippen molar-refractivity contribution in [2.45, 2.75) is 0 Å². The lowest BCUT2D eigenvalue weighted by Crippen LogP contribution is -2.52. The van der Waals surface area contributed by atoms with Gasteiger partial charge in [0.2, 0.25) is 0 Å². The summed E-state index contributed by atoms with van der Waals surface area (Å²) in [6.45, 7) is 1.07. The summed E-state index contributed by atoms with van der Waals surface area (Å²) in [5, 5.41) is 8.34. The van der Waals surface area contributed by atoms with E-state index >= 15 is 0 Å². The van der Waals surface area contributed by atoms with Gasteiger partial charge in [-0.3, -0.25) is 9.59 Å². The number of carbonyl (C=O) groups is 3. The monoisotopic (exact) mass is 212 g/mol. The van der Waals surface area contributed by atoms with Gasteiger partial charge in [-0.1, -0.05) is 6.08 Å². The number of rotatable bonds is 3. The molecule has 6 nitrogen and oxygen atoms in total. The largest absolute Gasteiger partial charge is 0.478 e. The van der Waals surface area contributed by atoms with Crippen LogP contribution in [0.2, 0.25) is 0 Å². The molecule has 0 atom stereocenters. The number of hydrogen-bond acceptors (Lipinski definition) is 3. The minimum Gasteiger partial charge on any atom is -0.478 e. The highest BCUT2D eigenvalue weighted by Crippen LogP contribution is 2.02. The molecule has 1 heterocycles. The SMILES string of the molecule is CN1CCN(CC=CC(=O)O)C(=O)C1=O. The van der Waals surface area contributed by atoms with Crippen LogP contribution in [-0.2, 0) is 14.4 Å². The first-order chi connectivity index (χ1) is 7.02. The van der Waals surface area contributed by atoms with Crippen LogP contribution in [0, 0.1) is 0 Å². The molecule has 1 aliphatic rings. The standard InChI is InChI=1S/C9H12N2O4/c1-10-5-6-11(9(15)8(10)14)4-2-3-7(12)13/h2-3H,4-6H2,1H3,(H,12,13). The number of carbonyl (C=O) groups excluding carboxylic acids is 2. The fourth-order valence-corrected chi connectivity index (χ4v) is 1.23. The van der Waals surface area contributed by atoms with Crippen molar-refractivity contribution in [3.05, 3.63) is 12.2 Å². The Morgan fingerprint density at radius 1 is 1.40 bits per heavy atom. The van der Waals surface area contributed by atoms with Gasteiger partial charge in [0.1, 0.15) is 0 Å². The van der Waals surface area contributed by atoms with Crippen LogP contribution in [0.5, 0.6) is 0 Å². The summed E-state index contributed by atoms with van der Waals surface area (Å²) in [5.74, 6) is -2.20. The van der Waals surface area contributed by atoms with Crippen LogP contribution in [0.4, 0.5) is 0 Å². The highest BCUT2D eigenvalue weighted by atomic mass is 16.4. The van der Waals surface area contributed by atoms with Gasteiger partial charge in [0.25, 0.3) is 0 Å². The van der Waals surface area contributed by atoms with E-state index in [0.717, 1.165) is 6.08 Å². The zero-order valence-corrected chi connectivity index (χ0v) is 8.34. The van der Waals surface area contributed by atoms with Crippen molar-refractivity contribution >= 4 is 17.8 Å². The molecule has 1 rings (SSSR count). The number of carboxylic acids is 1. The summed E-state index contributed by atoms with van der Waals surface area (Å²) in [4.78, 5) is 35.4. The smallest absolute Gasteiger partial charge is 0.328 e. The number of carboxylic acid groups (broad SMARTS) is 1. The molecule has 82 valence electrons. The highest BCUT2D eigenvalue weighted by molar-refractivity contribution is 6.35. The number of amides is 2. The second-order valence-corrected chi connectivity index (χ2v) is 3.22. The number of aliphatic carboxylic acids is 1. The van der Waals surface area contributed by atoms with Gasteiger partial charge >= 0.3 is 17.8 Å². The number of nitrogens with zero attached hydrogens (tertiary/aromatic N) is 2. The molecule has 2 amide bonds. The fourth-order valence-electron chi connectivity index (χ4n) is 1.23. The quantitative estimate of drug-likeness (QED) is 0.477. The minimum atomic E-state index is -1.07. The van der Waals surface area contributed by atoms with E-state index in [2.05, 4.69) is 0 Å². The summed E-state index contributed by atoms with van der Waals surface area (Å²) in [5.41, 5.74) is 0. The van der Waals surface area contributed by atoms with E-state index < -0.39 is 17.8 Å². The van der Waals surface area contributed by atoms with Crippen molar-refractivity contribution in [3.8, 4) is 0 Å². The van der Waals surface area contributed by atoms with Gasteiger partial charge in [-0.25, -0.2) is 4.79 Å². The summed E-state index contributed by atoms with van der Waals surface area (Å²) in [7, 11) is 1.56. The lowest BCUT2D eigenvalue weighted by Gasteiger charge is -2.30. The molecule has 1 saturated heterocycles. The van der Waals surface area contributed by atoms with Crippen LogP contribution < -0.4 is 0 Å². The van der Waals surface area contributed by atoms with Gasteiger partial charge < -0.3 is 14.9 Å². The number of piperazine rings is 1. The molecular weight excluding hydrogens is 200 g/mol. The highest BCUT2D eigenvalue weighted by Gasteiger charge is 2.29. The van der Waals surface area contributed by atoms with Crippen molar-refractivity contribution < 1.29 is 19.5 Å². The van der Waals surface area contributed by atoms with Crippen molar-refractivity contribution in [2.24, 2.45) is 0 Å². The maximum Gasteiger partial charge on any atom is 0.328 e. The van der Waals surface area contributed by atoms with E-state index in [1.165, 1.54) is 15.9 Å². The molecule has 0 spiro atoms. The lowest BCUT2D eigenvalue weighted by molar-refractivity contribution is -0.154. The van der Waals surface area contributed by atoms with Crippen LogP contribution in [0.25, 0.3) is 0 Å². The maximum absolute atomic E-state index is 11.4. The Morgan fingerprint density at radius 3 is 2.67 bits per heavy atom. The third-order valence-electron chi connectivity index (χ3n) is 2.11. The summed E-state index contributed by atoms with van der Waals surface area (Å²) < 4.78 is 0. The Hall–Kier alpha value is -1.85. The van der Waals surface area contributed by atoms with E-state index in [1.54, 1.807) is 7.05 Å². The molecule has 0 bridgehead atoms. The predicted molar refractivity (Wildman–Crippen MR) is 51.0 cm³/mol. The number of likely N-dealkylation sites (N-methyl/N-ethyl adjacent to an activating group) is 1. The number of hydrogen-bond donors (Lipinski definition) is 1. The molecule has 15 heavy (non-hydrogen) atoms. The molecule has 1 N–H and O–H groups in total. The van der Waals surface area contributed by atoms with E-state index in [-0.39, 0.29) is 6.54 Å². The van der Waals surface area contributed by atoms with E-state index in [0.29, 0.717) is 13.1 Å². The topological polar surface area (TPSA) is 77.9 Å². The van der Waals surface area contributed by atoms with Gasteiger partial charge in [-0.2, -0.15) is 0 Å². The molecule has 0 radical (unpaired) electrons. The first kappa shape index (κ1) is 11.2. The Kier molecular flexibility index (Phi) is 3.43. The first-order valence-corrected chi connectivity index (χ1v) is 4.46.